The highest BCUT2D eigenvalue weighted by molar-refractivity contribution is 7.92. The molecule has 27 heavy (non-hydrogen) atoms. The van der Waals surface area contributed by atoms with Crippen molar-refractivity contribution < 1.29 is 8.42 Å². The van der Waals surface area contributed by atoms with Crippen LogP contribution in [-0.4, -0.2) is 19.4 Å². The zero-order valence-electron chi connectivity index (χ0n) is 15.4. The Kier molecular flexibility index (Phi) is 5.76. The van der Waals surface area contributed by atoms with Gasteiger partial charge in [0.25, 0.3) is 10.0 Å². The van der Waals surface area contributed by atoms with E-state index in [9.17, 15) is 8.42 Å². The van der Waals surface area contributed by atoms with Gasteiger partial charge < -0.3 is 4.90 Å². The molecule has 2 aromatic carbocycles. The minimum absolute atomic E-state index is 0.224. The summed E-state index contributed by atoms with van der Waals surface area (Å²) in [5.41, 5.74) is 1.63. The number of sulfonamides is 1. The summed E-state index contributed by atoms with van der Waals surface area (Å²) in [6.45, 7) is 4.95. The second-order valence-corrected chi connectivity index (χ2v) is 8.21. The smallest absolute Gasteiger partial charge is 0.261 e. The molecule has 3 aromatic rings. The summed E-state index contributed by atoms with van der Waals surface area (Å²) >= 11 is 0. The van der Waals surface area contributed by atoms with E-state index in [0.717, 1.165) is 12.4 Å². The lowest BCUT2D eigenvalue weighted by Crippen LogP contribution is -2.30. The lowest BCUT2D eigenvalue weighted by molar-refractivity contribution is 0.601. The highest BCUT2D eigenvalue weighted by Gasteiger charge is 2.15. The molecular weight excluding hydrogens is 358 g/mol. The van der Waals surface area contributed by atoms with E-state index in [2.05, 4.69) is 40.6 Å². The minimum atomic E-state index is -3.61. The molecule has 1 heterocycles. The van der Waals surface area contributed by atoms with E-state index < -0.39 is 10.0 Å². The van der Waals surface area contributed by atoms with Gasteiger partial charge in [0.1, 0.15) is 5.82 Å². The zero-order valence-corrected chi connectivity index (χ0v) is 16.2. The van der Waals surface area contributed by atoms with Crippen LogP contribution in [0, 0.1) is 0 Å². The van der Waals surface area contributed by atoms with Gasteiger partial charge in [-0.15, -0.1) is 0 Å². The summed E-state index contributed by atoms with van der Waals surface area (Å²) in [4.78, 5) is 6.87. The average molecular weight is 382 g/mol. The third kappa shape index (κ3) is 4.86. The van der Waals surface area contributed by atoms with Crippen LogP contribution in [0.1, 0.15) is 19.4 Å². The molecule has 0 spiro atoms. The number of hydrogen-bond acceptors (Lipinski definition) is 4. The van der Waals surface area contributed by atoms with Crippen molar-refractivity contribution in [3.05, 3.63) is 84.6 Å². The van der Waals surface area contributed by atoms with E-state index in [-0.39, 0.29) is 10.9 Å². The number of nitrogens with one attached hydrogen (secondary N) is 1. The molecule has 140 valence electrons. The van der Waals surface area contributed by atoms with Crippen molar-refractivity contribution in [2.45, 2.75) is 31.3 Å². The van der Waals surface area contributed by atoms with Gasteiger partial charge in [-0.2, -0.15) is 0 Å². The number of anilines is 2. The van der Waals surface area contributed by atoms with Gasteiger partial charge in [-0.05, 0) is 43.7 Å². The van der Waals surface area contributed by atoms with Gasteiger partial charge in [0.15, 0.2) is 0 Å². The Morgan fingerprint density at radius 1 is 0.926 bits per heavy atom. The Morgan fingerprint density at radius 2 is 1.56 bits per heavy atom. The first-order valence-corrected chi connectivity index (χ1v) is 10.3. The van der Waals surface area contributed by atoms with E-state index in [1.165, 1.54) is 5.56 Å². The molecule has 0 aliphatic heterocycles. The molecule has 0 atom stereocenters. The fourth-order valence-electron chi connectivity index (χ4n) is 2.74. The predicted octanol–water partition coefficient (Wildman–Crippen LogP) is 4.30. The summed E-state index contributed by atoms with van der Waals surface area (Å²) in [7, 11) is -3.61. The number of rotatable bonds is 7. The largest absolute Gasteiger partial charge is 0.350 e. The van der Waals surface area contributed by atoms with Crippen molar-refractivity contribution in [2.24, 2.45) is 0 Å². The third-order valence-corrected chi connectivity index (χ3v) is 5.56. The molecule has 0 fully saturated rings. The first kappa shape index (κ1) is 18.9. The minimum Gasteiger partial charge on any atom is -0.350 e. The van der Waals surface area contributed by atoms with Crippen LogP contribution in [0.3, 0.4) is 0 Å². The molecule has 0 bridgehead atoms. The van der Waals surface area contributed by atoms with Crippen LogP contribution in [0.2, 0.25) is 0 Å². The van der Waals surface area contributed by atoms with Crippen molar-refractivity contribution in [1.82, 2.24) is 4.98 Å². The van der Waals surface area contributed by atoms with E-state index in [1.54, 1.807) is 42.6 Å². The van der Waals surface area contributed by atoms with Crippen LogP contribution in [0.25, 0.3) is 0 Å². The fraction of sp³-hybridized carbons (Fsp3) is 0.190. The molecule has 5 nitrogen and oxygen atoms in total. The highest BCUT2D eigenvalue weighted by atomic mass is 32.2. The van der Waals surface area contributed by atoms with Gasteiger partial charge in [-0.25, -0.2) is 13.4 Å². The Morgan fingerprint density at radius 3 is 2.11 bits per heavy atom. The molecule has 0 radical (unpaired) electrons. The van der Waals surface area contributed by atoms with Crippen LogP contribution in [-0.2, 0) is 16.6 Å². The lowest BCUT2D eigenvalue weighted by Gasteiger charge is -2.28. The number of aromatic nitrogens is 1. The highest BCUT2D eigenvalue weighted by Crippen LogP contribution is 2.21. The maximum atomic E-state index is 12.4. The van der Waals surface area contributed by atoms with Crippen molar-refractivity contribution >= 4 is 21.5 Å². The van der Waals surface area contributed by atoms with E-state index >= 15 is 0 Å². The van der Waals surface area contributed by atoms with Gasteiger partial charge in [-0.1, -0.05) is 48.5 Å². The maximum Gasteiger partial charge on any atom is 0.261 e. The Balaban J connectivity index is 1.77. The van der Waals surface area contributed by atoms with E-state index in [4.69, 9.17) is 0 Å². The standard InChI is InChI=1S/C21H23N3O2S/c1-17(2)24(16-18-9-5-3-6-10-18)21-14-13-19(15-22-21)23-27(25,26)20-11-7-4-8-12-20/h3-15,17,23H,16H2,1-2H3. The van der Waals surface area contributed by atoms with Crippen LogP contribution >= 0.6 is 0 Å². The van der Waals surface area contributed by atoms with Gasteiger partial charge in [-0.3, -0.25) is 4.72 Å². The number of benzene rings is 2. The maximum absolute atomic E-state index is 12.4. The molecular formula is C21H23N3O2S. The number of hydrogen-bond donors (Lipinski definition) is 1. The summed E-state index contributed by atoms with van der Waals surface area (Å²) < 4.78 is 27.4. The summed E-state index contributed by atoms with van der Waals surface area (Å²) in [5.74, 6) is 0.802. The fourth-order valence-corrected chi connectivity index (χ4v) is 3.80. The zero-order chi connectivity index (χ0) is 19.3. The van der Waals surface area contributed by atoms with Gasteiger partial charge >= 0.3 is 0 Å². The van der Waals surface area contributed by atoms with E-state index in [1.807, 2.05) is 24.3 Å². The van der Waals surface area contributed by atoms with Crippen molar-refractivity contribution in [1.29, 1.82) is 0 Å². The van der Waals surface area contributed by atoms with Gasteiger partial charge in [0, 0.05) is 12.6 Å². The Hall–Kier alpha value is -2.86. The number of pyridine rings is 1. The van der Waals surface area contributed by atoms with Gasteiger partial charge in [0.05, 0.1) is 16.8 Å². The average Bonchev–Trinajstić information content (AvgIpc) is 2.68. The van der Waals surface area contributed by atoms with Gasteiger partial charge in [0.2, 0.25) is 0 Å². The molecule has 1 N–H and O–H groups in total. The van der Waals surface area contributed by atoms with Crippen LogP contribution in [0.15, 0.2) is 83.9 Å². The number of nitrogens with zero attached hydrogens (tertiary/aromatic N) is 2. The second-order valence-electron chi connectivity index (χ2n) is 6.53. The van der Waals surface area contributed by atoms with Crippen molar-refractivity contribution in [3.63, 3.8) is 0 Å². The van der Waals surface area contributed by atoms with E-state index in [0.29, 0.717) is 5.69 Å². The van der Waals surface area contributed by atoms with Crippen molar-refractivity contribution in [2.75, 3.05) is 9.62 Å². The normalized spacial score (nSPS) is 11.4. The molecule has 0 saturated heterocycles. The third-order valence-electron chi connectivity index (χ3n) is 4.17. The molecule has 6 heteroatoms. The quantitative estimate of drug-likeness (QED) is 0.663. The molecule has 0 amide bonds. The SMILES string of the molecule is CC(C)N(Cc1ccccc1)c1ccc(NS(=O)(=O)c2ccccc2)cn1. The lowest BCUT2D eigenvalue weighted by atomic mass is 10.2. The predicted molar refractivity (Wildman–Crippen MR) is 109 cm³/mol. The Labute approximate surface area is 160 Å². The molecule has 0 saturated carbocycles. The molecule has 0 aliphatic carbocycles. The molecule has 1 aromatic heterocycles. The van der Waals surface area contributed by atoms with Crippen LogP contribution in [0.4, 0.5) is 11.5 Å². The van der Waals surface area contributed by atoms with Crippen LogP contribution in [0.5, 0.6) is 0 Å². The van der Waals surface area contributed by atoms with Crippen molar-refractivity contribution in [3.8, 4) is 0 Å². The molecule has 3 rings (SSSR count). The summed E-state index contributed by atoms with van der Waals surface area (Å²) in [5, 5.41) is 0. The second kappa shape index (κ2) is 8.22. The summed E-state index contributed by atoms with van der Waals surface area (Å²) in [6.07, 6.45) is 1.55. The monoisotopic (exact) mass is 381 g/mol. The Bertz CT molecular complexity index is 957. The van der Waals surface area contributed by atoms with Crippen LogP contribution < -0.4 is 9.62 Å². The molecule has 0 aliphatic rings. The topological polar surface area (TPSA) is 62.3 Å². The first-order valence-electron chi connectivity index (χ1n) is 8.80. The first-order chi connectivity index (χ1) is 13.0. The summed E-state index contributed by atoms with van der Waals surface area (Å²) in [6, 6.07) is 22.3. The molecule has 0 unspecified atom stereocenters.